The number of hydrogen-bond donors (Lipinski definition) is 0. The highest BCUT2D eigenvalue weighted by atomic mass is 32.1. The fourth-order valence-corrected chi connectivity index (χ4v) is 2.93. The summed E-state index contributed by atoms with van der Waals surface area (Å²) in [6, 6.07) is 17.4. The van der Waals surface area contributed by atoms with E-state index in [9.17, 15) is 0 Å². The minimum Gasteiger partial charge on any atom is -0.496 e. The average Bonchev–Trinajstić information content (AvgIpc) is 3.04. The number of aromatic nitrogens is 1. The van der Waals surface area contributed by atoms with E-state index < -0.39 is 0 Å². The molecule has 0 aliphatic heterocycles. The fraction of sp³-hybridized carbons (Fsp3) is 0.0588. The maximum absolute atomic E-state index is 8.83. The van der Waals surface area contributed by atoms with Crippen LogP contribution in [0.3, 0.4) is 0 Å². The van der Waals surface area contributed by atoms with Crippen molar-refractivity contribution in [2.24, 2.45) is 0 Å². The molecule has 0 aliphatic rings. The summed E-state index contributed by atoms with van der Waals surface area (Å²) in [5.74, 6) is 0.818. The molecule has 0 saturated heterocycles. The van der Waals surface area contributed by atoms with Crippen molar-refractivity contribution in [3.05, 3.63) is 59.5 Å². The number of hydrogen-bond acceptors (Lipinski definition) is 4. The van der Waals surface area contributed by atoms with Gasteiger partial charge in [-0.2, -0.15) is 5.26 Å². The first-order valence-electron chi connectivity index (χ1n) is 6.41. The first-order valence-corrected chi connectivity index (χ1v) is 7.29. The number of ether oxygens (including phenoxy) is 1. The number of rotatable bonds is 3. The summed E-state index contributed by atoms with van der Waals surface area (Å²) < 4.78 is 5.38. The maximum atomic E-state index is 8.83. The smallest absolute Gasteiger partial charge is 0.129 e. The van der Waals surface area contributed by atoms with Gasteiger partial charge >= 0.3 is 0 Å². The molecule has 4 heteroatoms. The molecule has 3 nitrogen and oxygen atoms in total. The van der Waals surface area contributed by atoms with Crippen LogP contribution in [-0.4, -0.2) is 12.1 Å². The monoisotopic (exact) mass is 292 g/mol. The molecule has 21 heavy (non-hydrogen) atoms. The molecule has 1 heterocycles. The lowest BCUT2D eigenvalue weighted by molar-refractivity contribution is 0.416. The molecule has 0 N–H and O–H groups in total. The Kier molecular flexibility index (Phi) is 3.67. The van der Waals surface area contributed by atoms with E-state index in [0.717, 1.165) is 27.6 Å². The highest BCUT2D eigenvalue weighted by Gasteiger charge is 2.10. The topological polar surface area (TPSA) is 45.9 Å². The Hall–Kier alpha value is -2.64. The van der Waals surface area contributed by atoms with Crippen molar-refractivity contribution in [2.75, 3.05) is 7.11 Å². The van der Waals surface area contributed by atoms with Gasteiger partial charge in [0, 0.05) is 10.9 Å². The predicted molar refractivity (Wildman–Crippen MR) is 84.3 cm³/mol. The van der Waals surface area contributed by atoms with Crippen molar-refractivity contribution in [1.29, 1.82) is 5.26 Å². The van der Waals surface area contributed by atoms with Gasteiger partial charge in [-0.15, -0.1) is 11.3 Å². The molecule has 3 aromatic rings. The van der Waals surface area contributed by atoms with Crippen LogP contribution in [0.5, 0.6) is 5.75 Å². The summed E-state index contributed by atoms with van der Waals surface area (Å²) in [7, 11) is 1.66. The molecule has 0 bridgehead atoms. The van der Waals surface area contributed by atoms with E-state index in [1.165, 1.54) is 0 Å². The standard InChI is InChI=1S/C17H12N2OS/c1-20-16-5-3-2-4-14(16)17-19-15(11-21-17)13-8-6-12(10-18)7-9-13/h2-9,11H,1H3. The molecular formula is C17H12N2OS. The van der Waals surface area contributed by atoms with Crippen LogP contribution in [0.25, 0.3) is 21.8 Å². The average molecular weight is 292 g/mol. The van der Waals surface area contributed by atoms with Gasteiger partial charge in [-0.05, 0) is 24.3 Å². The highest BCUT2D eigenvalue weighted by Crippen LogP contribution is 2.34. The van der Waals surface area contributed by atoms with Gasteiger partial charge < -0.3 is 4.74 Å². The SMILES string of the molecule is COc1ccccc1-c1nc(-c2ccc(C#N)cc2)cs1. The first kappa shape index (κ1) is 13.3. The molecule has 0 saturated carbocycles. The van der Waals surface area contributed by atoms with Crippen LogP contribution in [0, 0.1) is 11.3 Å². The van der Waals surface area contributed by atoms with Gasteiger partial charge in [-0.3, -0.25) is 0 Å². The van der Waals surface area contributed by atoms with Gasteiger partial charge in [0.15, 0.2) is 0 Å². The second-order valence-electron chi connectivity index (χ2n) is 4.43. The Morgan fingerprint density at radius 1 is 1.10 bits per heavy atom. The van der Waals surface area contributed by atoms with Crippen LogP contribution in [0.15, 0.2) is 53.9 Å². The van der Waals surface area contributed by atoms with Crippen LogP contribution in [-0.2, 0) is 0 Å². The molecule has 102 valence electrons. The third kappa shape index (κ3) is 2.64. The minimum atomic E-state index is 0.652. The van der Waals surface area contributed by atoms with E-state index in [4.69, 9.17) is 10.00 Å². The molecule has 0 fully saturated rings. The zero-order chi connectivity index (χ0) is 14.7. The van der Waals surface area contributed by atoms with Crippen LogP contribution >= 0.6 is 11.3 Å². The third-order valence-electron chi connectivity index (χ3n) is 3.15. The number of thiazole rings is 1. The van der Waals surface area contributed by atoms with Gasteiger partial charge in [-0.25, -0.2) is 4.98 Å². The summed E-state index contributed by atoms with van der Waals surface area (Å²) >= 11 is 1.58. The van der Waals surface area contributed by atoms with Gasteiger partial charge in [0.25, 0.3) is 0 Å². The van der Waals surface area contributed by atoms with Crippen molar-refractivity contribution < 1.29 is 4.74 Å². The third-order valence-corrected chi connectivity index (χ3v) is 4.03. The Balaban J connectivity index is 1.98. The van der Waals surface area contributed by atoms with Crippen LogP contribution in [0.1, 0.15) is 5.56 Å². The van der Waals surface area contributed by atoms with Crippen molar-refractivity contribution in [2.45, 2.75) is 0 Å². The zero-order valence-corrected chi connectivity index (χ0v) is 12.2. The van der Waals surface area contributed by atoms with E-state index >= 15 is 0 Å². The first-order chi connectivity index (χ1) is 10.3. The summed E-state index contributed by atoms with van der Waals surface area (Å²) in [6.45, 7) is 0. The van der Waals surface area contributed by atoms with Crippen molar-refractivity contribution >= 4 is 11.3 Å². The van der Waals surface area contributed by atoms with Crippen LogP contribution in [0.2, 0.25) is 0 Å². The lowest BCUT2D eigenvalue weighted by Gasteiger charge is -2.04. The molecule has 2 aromatic carbocycles. The van der Waals surface area contributed by atoms with E-state index in [-0.39, 0.29) is 0 Å². The predicted octanol–water partition coefficient (Wildman–Crippen LogP) is 4.36. The summed E-state index contributed by atoms with van der Waals surface area (Å²) in [4.78, 5) is 4.67. The lowest BCUT2D eigenvalue weighted by atomic mass is 10.1. The summed E-state index contributed by atoms with van der Waals surface area (Å²) in [6.07, 6.45) is 0. The van der Waals surface area contributed by atoms with E-state index in [2.05, 4.69) is 11.1 Å². The molecular weight excluding hydrogens is 280 g/mol. The normalized spacial score (nSPS) is 10.1. The number of benzene rings is 2. The fourth-order valence-electron chi connectivity index (χ4n) is 2.07. The molecule has 0 radical (unpaired) electrons. The molecule has 0 aliphatic carbocycles. The van der Waals surface area contributed by atoms with Crippen molar-refractivity contribution in [3.63, 3.8) is 0 Å². The number of para-hydroxylation sites is 1. The Bertz CT molecular complexity index is 800. The van der Waals surface area contributed by atoms with E-state index in [1.54, 1.807) is 30.6 Å². The minimum absolute atomic E-state index is 0.652. The van der Waals surface area contributed by atoms with Gasteiger partial charge in [0.05, 0.1) is 30.0 Å². The van der Waals surface area contributed by atoms with E-state index in [0.29, 0.717) is 5.56 Å². The van der Waals surface area contributed by atoms with Gasteiger partial charge in [0.2, 0.25) is 0 Å². The number of nitrogens with zero attached hydrogens (tertiary/aromatic N) is 2. The Morgan fingerprint density at radius 3 is 2.57 bits per heavy atom. The Labute approximate surface area is 127 Å². The Morgan fingerprint density at radius 2 is 1.86 bits per heavy atom. The van der Waals surface area contributed by atoms with Crippen molar-refractivity contribution in [1.82, 2.24) is 4.98 Å². The summed E-state index contributed by atoms with van der Waals surface area (Å²) in [5.41, 5.74) is 3.56. The van der Waals surface area contributed by atoms with Gasteiger partial charge in [0.1, 0.15) is 10.8 Å². The second-order valence-corrected chi connectivity index (χ2v) is 5.29. The largest absolute Gasteiger partial charge is 0.496 e. The van der Waals surface area contributed by atoms with Crippen LogP contribution in [0.4, 0.5) is 0 Å². The summed E-state index contributed by atoms with van der Waals surface area (Å²) in [5, 5.41) is 11.8. The van der Waals surface area contributed by atoms with Gasteiger partial charge in [-0.1, -0.05) is 24.3 Å². The quantitative estimate of drug-likeness (QED) is 0.720. The number of nitriles is 1. The van der Waals surface area contributed by atoms with E-state index in [1.807, 2.05) is 41.8 Å². The molecule has 0 unspecified atom stereocenters. The molecule has 1 aromatic heterocycles. The zero-order valence-electron chi connectivity index (χ0n) is 11.4. The molecule has 3 rings (SSSR count). The molecule has 0 spiro atoms. The molecule has 0 atom stereocenters. The maximum Gasteiger partial charge on any atom is 0.129 e. The van der Waals surface area contributed by atoms with Crippen LogP contribution < -0.4 is 4.74 Å². The lowest BCUT2D eigenvalue weighted by Crippen LogP contribution is -1.87. The molecule has 0 amide bonds. The van der Waals surface area contributed by atoms with Crippen molar-refractivity contribution in [3.8, 4) is 33.6 Å². The number of methoxy groups -OCH3 is 1. The highest BCUT2D eigenvalue weighted by molar-refractivity contribution is 7.13. The second kappa shape index (κ2) is 5.78.